The van der Waals surface area contributed by atoms with E-state index < -0.39 is 20.8 Å². The molecule has 92 valence electrons. The fourth-order valence-electron chi connectivity index (χ4n) is 1.94. The molecule has 0 nitrogen and oxygen atoms in total. The first-order chi connectivity index (χ1) is 7.98. The molecule has 0 radical (unpaired) electrons. The molecule has 0 aliphatic carbocycles. The van der Waals surface area contributed by atoms with E-state index in [0.29, 0.717) is 5.41 Å². The summed E-state index contributed by atoms with van der Waals surface area (Å²) in [6.45, 7) is 6.86. The third-order valence-electron chi connectivity index (χ3n) is 2.49. The van der Waals surface area contributed by atoms with Crippen molar-refractivity contribution in [2.75, 3.05) is 0 Å². The molecule has 0 N–H and O–H groups in total. The maximum atomic E-state index is 4.93. The van der Waals surface area contributed by atoms with E-state index in [-0.39, 0.29) is 0 Å². The number of fused-ring (bicyclic) bond motifs is 1. The molecule has 17 heavy (non-hydrogen) atoms. The van der Waals surface area contributed by atoms with Gasteiger partial charge in [-0.1, -0.05) is 33.3 Å². The van der Waals surface area contributed by atoms with Gasteiger partial charge < -0.3 is 0 Å². The van der Waals surface area contributed by atoms with E-state index in [2.05, 4.69) is 57.2 Å². The van der Waals surface area contributed by atoms with E-state index in [1.54, 1.807) is 0 Å². The van der Waals surface area contributed by atoms with Crippen molar-refractivity contribution in [3.05, 3.63) is 42.0 Å². The van der Waals surface area contributed by atoms with Crippen LogP contribution < -0.4 is 0 Å². The summed E-state index contributed by atoms with van der Waals surface area (Å²) >= 11 is -0.826. The molecule has 0 fully saturated rings. The van der Waals surface area contributed by atoms with Crippen LogP contribution in [0.25, 0.3) is 10.8 Å². The first kappa shape index (κ1) is 15.4. The van der Waals surface area contributed by atoms with Crippen molar-refractivity contribution in [3.8, 4) is 0 Å². The Hall–Kier alpha value is 0.293. The van der Waals surface area contributed by atoms with Crippen LogP contribution in [0.5, 0.6) is 0 Å². The van der Waals surface area contributed by atoms with Gasteiger partial charge in [0.05, 0.1) is 0 Å². The summed E-state index contributed by atoms with van der Waals surface area (Å²) in [5, 5.41) is 2.79. The zero-order valence-electron chi connectivity index (χ0n) is 10.4. The van der Waals surface area contributed by atoms with Gasteiger partial charge >= 0.3 is 37.9 Å². The molecule has 0 aromatic heterocycles. The van der Waals surface area contributed by atoms with Gasteiger partial charge in [0.2, 0.25) is 0 Å². The minimum absolute atomic E-state index is 0.372. The Kier molecular flexibility index (Phi) is 6.34. The normalized spacial score (nSPS) is 10.9. The number of hydrogen-bond acceptors (Lipinski definition) is 0. The van der Waals surface area contributed by atoms with E-state index >= 15 is 0 Å². The fourth-order valence-corrected chi connectivity index (χ4v) is 1.94. The van der Waals surface area contributed by atoms with Crippen LogP contribution in [0.4, 0.5) is 0 Å². The average Bonchev–Trinajstić information content (AvgIpc) is 2.61. The van der Waals surface area contributed by atoms with Gasteiger partial charge in [-0.2, -0.15) is 5.56 Å². The Balaban J connectivity index is 0.000000437. The third kappa shape index (κ3) is 5.20. The van der Waals surface area contributed by atoms with E-state index in [9.17, 15) is 0 Å². The summed E-state index contributed by atoms with van der Waals surface area (Å²) in [5.41, 5.74) is 1.85. The molecule has 2 rings (SSSR count). The molecular weight excluding hydrogens is 330 g/mol. The van der Waals surface area contributed by atoms with Crippen molar-refractivity contribution in [3.63, 3.8) is 0 Å². The maximum absolute atomic E-state index is 4.93. The first-order valence-corrected chi connectivity index (χ1v) is 11.9. The number of benzene rings is 1. The predicted octanol–water partition coefficient (Wildman–Crippen LogP) is 5.52. The van der Waals surface area contributed by atoms with Gasteiger partial charge in [0.1, 0.15) is 0 Å². The molecule has 0 heterocycles. The summed E-state index contributed by atoms with van der Waals surface area (Å²) in [7, 11) is 9.87. The Bertz CT molecular complexity index is 454. The van der Waals surface area contributed by atoms with Gasteiger partial charge in [0.25, 0.3) is 0 Å². The molecular formula is C14H17Cl2Zr-. The van der Waals surface area contributed by atoms with Crippen LogP contribution in [0, 0.1) is 5.41 Å². The van der Waals surface area contributed by atoms with E-state index in [1.807, 2.05) is 0 Å². The molecule has 0 atom stereocenters. The summed E-state index contributed by atoms with van der Waals surface area (Å²) in [6, 6.07) is 13.1. The molecule has 0 saturated carbocycles. The van der Waals surface area contributed by atoms with Crippen LogP contribution in [0.3, 0.4) is 0 Å². The summed E-state index contributed by atoms with van der Waals surface area (Å²) in [6.07, 6.45) is 1.15. The number of halogens is 2. The molecule has 2 aromatic rings. The SMILES string of the molecule is CC(C)(C)Cc1c[cH-]c2ccccc12.[Cl][Zr][Cl]. The standard InChI is InChI=1S/C14H17.2ClH.Zr/c1-14(2,3)10-12-9-8-11-6-4-5-7-13(11)12;;;/h4-9H,10H2,1-3H3;2*1H;/q-1;;;+2/p-2. The van der Waals surface area contributed by atoms with Gasteiger partial charge in [0, 0.05) is 0 Å². The molecule has 0 aliphatic heterocycles. The second-order valence-corrected chi connectivity index (χ2v) is 8.99. The Morgan fingerprint density at radius 3 is 2.35 bits per heavy atom. The van der Waals surface area contributed by atoms with Crippen molar-refractivity contribution in [1.82, 2.24) is 0 Å². The van der Waals surface area contributed by atoms with Gasteiger partial charge in [0.15, 0.2) is 0 Å². The Labute approximate surface area is 122 Å². The van der Waals surface area contributed by atoms with Crippen LogP contribution in [-0.4, -0.2) is 0 Å². The zero-order valence-corrected chi connectivity index (χ0v) is 14.4. The molecule has 0 saturated heterocycles. The second-order valence-electron chi connectivity index (χ2n) is 5.25. The molecule has 0 unspecified atom stereocenters. The summed E-state index contributed by atoms with van der Waals surface area (Å²) in [4.78, 5) is 0. The molecule has 0 aliphatic rings. The third-order valence-corrected chi connectivity index (χ3v) is 2.49. The quantitative estimate of drug-likeness (QED) is 0.596. The average molecular weight is 347 g/mol. The fraction of sp³-hybridized carbons (Fsp3) is 0.357. The summed E-state index contributed by atoms with van der Waals surface area (Å²) in [5.74, 6) is 0. The van der Waals surface area contributed by atoms with Crippen LogP contribution in [0.2, 0.25) is 0 Å². The van der Waals surface area contributed by atoms with E-state index in [0.717, 1.165) is 6.42 Å². The predicted molar refractivity (Wildman–Crippen MR) is 74.4 cm³/mol. The monoisotopic (exact) mass is 345 g/mol. The van der Waals surface area contributed by atoms with Crippen LogP contribution in [-0.2, 0) is 27.3 Å². The second kappa shape index (κ2) is 7.02. The van der Waals surface area contributed by atoms with Crippen molar-refractivity contribution >= 4 is 27.8 Å². The zero-order chi connectivity index (χ0) is 12.9. The van der Waals surface area contributed by atoms with Crippen molar-refractivity contribution in [2.45, 2.75) is 27.2 Å². The molecule has 0 spiro atoms. The van der Waals surface area contributed by atoms with Gasteiger partial charge in [-0.05, 0) is 5.41 Å². The van der Waals surface area contributed by atoms with Crippen molar-refractivity contribution in [1.29, 1.82) is 0 Å². The topological polar surface area (TPSA) is 0 Å². The van der Waals surface area contributed by atoms with E-state index in [1.165, 1.54) is 16.3 Å². The molecule has 0 amide bonds. The van der Waals surface area contributed by atoms with Crippen molar-refractivity contribution < 1.29 is 20.8 Å². The van der Waals surface area contributed by atoms with Crippen molar-refractivity contribution in [2.24, 2.45) is 5.41 Å². The number of hydrogen-bond donors (Lipinski definition) is 0. The van der Waals surface area contributed by atoms with Crippen LogP contribution >= 0.6 is 17.0 Å². The summed E-state index contributed by atoms with van der Waals surface area (Å²) < 4.78 is 0. The minimum atomic E-state index is -0.826. The molecule has 2 aromatic carbocycles. The van der Waals surface area contributed by atoms with E-state index in [4.69, 9.17) is 17.0 Å². The van der Waals surface area contributed by atoms with Gasteiger partial charge in [-0.15, -0.1) is 41.1 Å². The Morgan fingerprint density at radius 2 is 1.76 bits per heavy atom. The Morgan fingerprint density at radius 1 is 1.18 bits per heavy atom. The van der Waals surface area contributed by atoms with Gasteiger partial charge in [-0.25, -0.2) is 0 Å². The van der Waals surface area contributed by atoms with Crippen LogP contribution in [0.1, 0.15) is 26.3 Å². The molecule has 0 bridgehead atoms. The van der Waals surface area contributed by atoms with Crippen LogP contribution in [0.15, 0.2) is 36.4 Å². The molecule has 3 heteroatoms. The van der Waals surface area contributed by atoms with Gasteiger partial charge in [-0.3, -0.25) is 0 Å². The first-order valence-electron chi connectivity index (χ1n) is 5.57. The number of rotatable bonds is 1.